The molecule has 0 unspecified atom stereocenters. The SMILES string of the molecule is Cc1c(C(=O)O)cc(-c2ccc(OC(F)(F)F)cc2)n1CC1CCCCC1. The molecule has 1 heterocycles. The van der Waals surface area contributed by atoms with E-state index in [0.29, 0.717) is 22.9 Å². The Hall–Kier alpha value is -2.44. The van der Waals surface area contributed by atoms with Crippen LogP contribution < -0.4 is 4.74 Å². The summed E-state index contributed by atoms with van der Waals surface area (Å²) in [5, 5.41) is 9.47. The molecule has 146 valence electrons. The minimum absolute atomic E-state index is 0.219. The maximum Gasteiger partial charge on any atom is 0.573 e. The van der Waals surface area contributed by atoms with Crippen molar-refractivity contribution in [2.75, 3.05) is 0 Å². The van der Waals surface area contributed by atoms with E-state index < -0.39 is 12.3 Å². The zero-order valence-electron chi connectivity index (χ0n) is 15.1. The van der Waals surface area contributed by atoms with E-state index in [-0.39, 0.29) is 11.3 Å². The van der Waals surface area contributed by atoms with Gasteiger partial charge in [-0.1, -0.05) is 19.3 Å². The molecule has 0 spiro atoms. The minimum atomic E-state index is -4.74. The lowest BCUT2D eigenvalue weighted by Crippen LogP contribution is -2.17. The highest BCUT2D eigenvalue weighted by atomic mass is 19.4. The fourth-order valence-electron chi connectivity index (χ4n) is 3.79. The number of carboxylic acids is 1. The van der Waals surface area contributed by atoms with Crippen LogP contribution in [0.15, 0.2) is 30.3 Å². The highest BCUT2D eigenvalue weighted by molar-refractivity contribution is 5.91. The first-order valence-corrected chi connectivity index (χ1v) is 9.04. The monoisotopic (exact) mass is 381 g/mol. The molecule has 0 radical (unpaired) electrons. The van der Waals surface area contributed by atoms with Crippen molar-refractivity contribution in [1.29, 1.82) is 0 Å². The summed E-state index contributed by atoms with van der Waals surface area (Å²) in [6.45, 7) is 2.49. The van der Waals surface area contributed by atoms with Crippen LogP contribution in [-0.2, 0) is 6.54 Å². The molecule has 0 amide bonds. The number of halogens is 3. The molecule has 1 N–H and O–H groups in total. The molecule has 7 heteroatoms. The molecular weight excluding hydrogens is 359 g/mol. The van der Waals surface area contributed by atoms with Crippen LogP contribution in [0.1, 0.15) is 48.2 Å². The summed E-state index contributed by atoms with van der Waals surface area (Å²) in [4.78, 5) is 11.6. The maximum atomic E-state index is 12.3. The second-order valence-electron chi connectivity index (χ2n) is 7.02. The number of aromatic nitrogens is 1. The van der Waals surface area contributed by atoms with Gasteiger partial charge in [0.2, 0.25) is 0 Å². The lowest BCUT2D eigenvalue weighted by atomic mass is 9.89. The van der Waals surface area contributed by atoms with Gasteiger partial charge in [-0.2, -0.15) is 0 Å². The summed E-state index contributed by atoms with van der Waals surface area (Å²) < 4.78 is 42.9. The number of carbonyl (C=O) groups is 1. The fraction of sp³-hybridized carbons (Fsp3) is 0.450. The van der Waals surface area contributed by atoms with Gasteiger partial charge in [-0.15, -0.1) is 13.2 Å². The van der Waals surface area contributed by atoms with Crippen LogP contribution in [0.25, 0.3) is 11.3 Å². The zero-order valence-corrected chi connectivity index (χ0v) is 15.1. The van der Waals surface area contributed by atoms with E-state index in [0.717, 1.165) is 19.4 Å². The molecule has 4 nitrogen and oxygen atoms in total. The highest BCUT2D eigenvalue weighted by Gasteiger charge is 2.31. The van der Waals surface area contributed by atoms with Crippen molar-refractivity contribution in [2.45, 2.75) is 51.9 Å². The van der Waals surface area contributed by atoms with Crippen molar-refractivity contribution in [1.82, 2.24) is 4.57 Å². The van der Waals surface area contributed by atoms with E-state index in [2.05, 4.69) is 4.74 Å². The first-order chi connectivity index (χ1) is 12.7. The number of nitrogens with zero attached hydrogens (tertiary/aromatic N) is 1. The number of carboxylic acid groups (broad SMARTS) is 1. The topological polar surface area (TPSA) is 51.5 Å². The normalized spacial score (nSPS) is 15.7. The predicted molar refractivity (Wildman–Crippen MR) is 94.8 cm³/mol. The van der Waals surface area contributed by atoms with E-state index in [4.69, 9.17) is 0 Å². The number of hydrogen-bond acceptors (Lipinski definition) is 2. The average molecular weight is 381 g/mol. The van der Waals surface area contributed by atoms with Crippen LogP contribution in [0.3, 0.4) is 0 Å². The van der Waals surface area contributed by atoms with Gasteiger partial charge in [0.15, 0.2) is 0 Å². The maximum absolute atomic E-state index is 12.3. The summed E-state index contributed by atoms with van der Waals surface area (Å²) in [6.07, 6.45) is 1.06. The Labute approximate surface area is 155 Å². The smallest absolute Gasteiger partial charge is 0.478 e. The molecule has 1 aromatic carbocycles. The van der Waals surface area contributed by atoms with E-state index in [1.807, 2.05) is 4.57 Å². The Morgan fingerprint density at radius 3 is 2.37 bits per heavy atom. The molecule has 0 aliphatic heterocycles. The molecule has 2 aromatic rings. The number of hydrogen-bond donors (Lipinski definition) is 1. The Balaban J connectivity index is 1.93. The van der Waals surface area contributed by atoms with Crippen LogP contribution >= 0.6 is 0 Å². The molecule has 1 saturated carbocycles. The predicted octanol–water partition coefficient (Wildman–Crippen LogP) is 5.64. The number of benzene rings is 1. The Morgan fingerprint density at radius 2 is 1.81 bits per heavy atom. The standard InChI is InChI=1S/C20H22F3NO3/c1-13-17(19(25)26)11-18(24(13)12-14-5-3-2-4-6-14)15-7-9-16(10-8-15)27-20(21,22)23/h7-11,14H,2-6,12H2,1H3,(H,25,26). The van der Waals surface area contributed by atoms with Gasteiger partial charge in [0.05, 0.1) is 5.56 Å². The van der Waals surface area contributed by atoms with Gasteiger partial charge in [-0.05, 0) is 61.6 Å². The van der Waals surface area contributed by atoms with Crippen molar-refractivity contribution in [3.05, 3.63) is 41.6 Å². The van der Waals surface area contributed by atoms with E-state index in [1.54, 1.807) is 13.0 Å². The van der Waals surface area contributed by atoms with Crippen molar-refractivity contribution >= 4 is 5.97 Å². The first-order valence-electron chi connectivity index (χ1n) is 9.04. The van der Waals surface area contributed by atoms with Gasteiger partial charge in [0.1, 0.15) is 5.75 Å². The van der Waals surface area contributed by atoms with Gasteiger partial charge >= 0.3 is 12.3 Å². The van der Waals surface area contributed by atoms with Crippen LogP contribution in [0.5, 0.6) is 5.75 Å². The van der Waals surface area contributed by atoms with E-state index in [1.165, 1.54) is 43.5 Å². The third-order valence-corrected chi connectivity index (χ3v) is 5.15. The number of alkyl halides is 3. The second-order valence-corrected chi connectivity index (χ2v) is 7.02. The Morgan fingerprint density at radius 1 is 1.19 bits per heavy atom. The lowest BCUT2D eigenvalue weighted by Gasteiger charge is -2.24. The van der Waals surface area contributed by atoms with Crippen molar-refractivity contribution < 1.29 is 27.8 Å². The van der Waals surface area contributed by atoms with E-state index in [9.17, 15) is 23.1 Å². The molecule has 1 aromatic heterocycles. The molecule has 27 heavy (non-hydrogen) atoms. The average Bonchev–Trinajstić information content (AvgIpc) is 2.92. The quantitative estimate of drug-likeness (QED) is 0.729. The van der Waals surface area contributed by atoms with Crippen LogP contribution in [0, 0.1) is 12.8 Å². The molecule has 0 atom stereocenters. The third kappa shape index (κ3) is 4.64. The molecule has 1 aliphatic rings. The van der Waals surface area contributed by atoms with Crippen molar-refractivity contribution in [3.63, 3.8) is 0 Å². The summed E-state index contributed by atoms with van der Waals surface area (Å²) in [5.74, 6) is -0.821. The molecule has 3 rings (SSSR count). The van der Waals surface area contributed by atoms with Crippen molar-refractivity contribution in [2.24, 2.45) is 5.92 Å². The summed E-state index contributed by atoms with van der Waals surface area (Å²) in [7, 11) is 0. The Kier molecular flexibility index (Phi) is 5.48. The second kappa shape index (κ2) is 7.66. The van der Waals surface area contributed by atoms with Crippen LogP contribution in [0.2, 0.25) is 0 Å². The molecule has 0 saturated heterocycles. The largest absolute Gasteiger partial charge is 0.573 e. The third-order valence-electron chi connectivity index (χ3n) is 5.15. The number of ether oxygens (including phenoxy) is 1. The first kappa shape index (κ1) is 19.3. The van der Waals surface area contributed by atoms with Gasteiger partial charge in [-0.25, -0.2) is 4.79 Å². The van der Waals surface area contributed by atoms with Gasteiger partial charge in [0, 0.05) is 17.9 Å². The van der Waals surface area contributed by atoms with Crippen molar-refractivity contribution in [3.8, 4) is 17.0 Å². The molecule has 1 fully saturated rings. The van der Waals surface area contributed by atoms with Crippen LogP contribution in [-0.4, -0.2) is 22.0 Å². The molecule has 1 aliphatic carbocycles. The molecule has 0 bridgehead atoms. The minimum Gasteiger partial charge on any atom is -0.478 e. The number of aromatic carboxylic acids is 1. The van der Waals surface area contributed by atoms with E-state index >= 15 is 0 Å². The zero-order chi connectivity index (χ0) is 19.6. The van der Waals surface area contributed by atoms with Gasteiger partial charge in [0.25, 0.3) is 0 Å². The number of rotatable bonds is 5. The fourth-order valence-corrected chi connectivity index (χ4v) is 3.79. The summed E-state index contributed by atoms with van der Waals surface area (Å²) in [5.41, 5.74) is 2.25. The summed E-state index contributed by atoms with van der Waals surface area (Å²) in [6, 6.07) is 7.14. The summed E-state index contributed by atoms with van der Waals surface area (Å²) >= 11 is 0. The lowest BCUT2D eigenvalue weighted by molar-refractivity contribution is -0.274. The van der Waals surface area contributed by atoms with Gasteiger partial charge in [-0.3, -0.25) is 0 Å². The van der Waals surface area contributed by atoms with Crippen LogP contribution in [0.4, 0.5) is 13.2 Å². The van der Waals surface area contributed by atoms with Gasteiger partial charge < -0.3 is 14.4 Å². The highest BCUT2D eigenvalue weighted by Crippen LogP contribution is 2.32. The molecular formula is C20H22F3NO3. The Bertz CT molecular complexity index is 803.